The van der Waals surface area contributed by atoms with Crippen molar-refractivity contribution in [1.29, 1.82) is 0 Å². The molecule has 2 saturated heterocycles. The van der Waals surface area contributed by atoms with Crippen LogP contribution in [0.15, 0.2) is 116 Å². The molecule has 0 aliphatic carbocycles. The lowest BCUT2D eigenvalue weighted by molar-refractivity contribution is -0.275. The van der Waals surface area contributed by atoms with Crippen LogP contribution in [-0.4, -0.2) is 65.1 Å². The summed E-state index contributed by atoms with van der Waals surface area (Å²) in [5.41, 5.74) is 6.24. The lowest BCUT2D eigenvalue weighted by atomic mass is 9.90. The van der Waals surface area contributed by atoms with E-state index in [2.05, 4.69) is 23.7 Å². The van der Waals surface area contributed by atoms with Crippen LogP contribution in [0.3, 0.4) is 0 Å². The number of likely N-dealkylation sites (tertiary alicyclic amines) is 1. The molecule has 0 radical (unpaired) electrons. The standard InChI is InChI=1S/C42H45N3O7/c1-4-21-44(3)25-37-28(2)39(33-15-13-29(26-46)14-16-33)52-41(51-37)34-19-17-32(18-20-34)35-12-8-11-31(22-35)24-45-38(47)23-36(40(45)48)43-42(49)50-27-30-9-6-5-7-10-30/h4-20,22,28,36-37,39,41,46H,1,21,23-27H2,2-3H3,(H,43,49). The molecule has 2 fully saturated rings. The number of carbonyl (C=O) groups is 3. The lowest BCUT2D eigenvalue weighted by Crippen LogP contribution is -2.43. The van der Waals surface area contributed by atoms with Gasteiger partial charge in [-0.1, -0.05) is 110 Å². The van der Waals surface area contributed by atoms with E-state index in [9.17, 15) is 19.5 Å². The van der Waals surface area contributed by atoms with Gasteiger partial charge < -0.3 is 29.5 Å². The molecule has 10 nitrogen and oxygen atoms in total. The van der Waals surface area contributed by atoms with Gasteiger partial charge in [0.05, 0.1) is 31.8 Å². The van der Waals surface area contributed by atoms with Crippen molar-refractivity contribution in [3.05, 3.63) is 144 Å². The highest BCUT2D eigenvalue weighted by Gasteiger charge is 2.40. The van der Waals surface area contributed by atoms with E-state index in [1.54, 1.807) is 0 Å². The number of hydrogen-bond donors (Lipinski definition) is 2. The second-order valence-corrected chi connectivity index (χ2v) is 13.4. The number of rotatable bonds is 13. The molecule has 6 rings (SSSR count). The summed E-state index contributed by atoms with van der Waals surface area (Å²) in [5.74, 6) is -0.749. The maximum absolute atomic E-state index is 13.1. The normalized spacial score (nSPS) is 21.7. The van der Waals surface area contributed by atoms with Gasteiger partial charge >= 0.3 is 6.09 Å². The maximum Gasteiger partial charge on any atom is 0.408 e. The summed E-state index contributed by atoms with van der Waals surface area (Å²) in [5, 5.41) is 12.1. The van der Waals surface area contributed by atoms with Crippen molar-refractivity contribution in [1.82, 2.24) is 15.1 Å². The van der Waals surface area contributed by atoms with Crippen molar-refractivity contribution < 1.29 is 33.7 Å². The summed E-state index contributed by atoms with van der Waals surface area (Å²) in [6.07, 6.45) is 0.102. The van der Waals surface area contributed by atoms with Crippen LogP contribution in [0, 0.1) is 5.92 Å². The second-order valence-electron chi connectivity index (χ2n) is 13.4. The molecular formula is C42H45N3O7. The van der Waals surface area contributed by atoms with Crippen LogP contribution in [0.5, 0.6) is 0 Å². The fourth-order valence-electron chi connectivity index (χ4n) is 6.66. The van der Waals surface area contributed by atoms with E-state index in [0.717, 1.165) is 45.5 Å². The van der Waals surface area contributed by atoms with Crippen LogP contribution < -0.4 is 5.32 Å². The van der Waals surface area contributed by atoms with Crippen LogP contribution in [0.25, 0.3) is 11.1 Å². The number of benzene rings is 4. The molecule has 10 heteroatoms. The molecule has 2 heterocycles. The fraction of sp³-hybridized carbons (Fsp3) is 0.310. The minimum atomic E-state index is -0.972. The minimum absolute atomic E-state index is 0.0162. The molecule has 3 amide bonds. The number of ether oxygens (including phenoxy) is 3. The average molecular weight is 704 g/mol. The van der Waals surface area contributed by atoms with Gasteiger partial charge in [0.1, 0.15) is 12.6 Å². The van der Waals surface area contributed by atoms with Crippen LogP contribution in [0.1, 0.15) is 53.6 Å². The van der Waals surface area contributed by atoms with Gasteiger partial charge in [-0.2, -0.15) is 0 Å². The number of carbonyl (C=O) groups excluding carboxylic acids is 3. The first-order chi connectivity index (χ1) is 25.2. The Balaban J connectivity index is 1.11. The molecule has 270 valence electrons. The van der Waals surface area contributed by atoms with E-state index < -0.39 is 24.3 Å². The number of nitrogens with zero attached hydrogens (tertiary/aromatic N) is 2. The summed E-state index contributed by atoms with van der Waals surface area (Å²) in [7, 11) is 2.05. The SMILES string of the molecule is C=CCN(C)CC1OC(c2ccc(-c3cccc(CN4C(=O)CC(NC(=O)OCc5ccccc5)C4=O)c3)cc2)OC(c2ccc(CO)cc2)C1C. The molecule has 4 aromatic rings. The molecule has 4 aromatic carbocycles. The Morgan fingerprint density at radius 2 is 1.63 bits per heavy atom. The van der Waals surface area contributed by atoms with Gasteiger partial charge in [-0.05, 0) is 46.5 Å². The first kappa shape index (κ1) is 36.7. The zero-order chi connectivity index (χ0) is 36.6. The quantitative estimate of drug-likeness (QED) is 0.123. The Kier molecular flexibility index (Phi) is 11.9. The Hall–Kier alpha value is -5.13. The molecule has 0 bridgehead atoms. The molecule has 0 aromatic heterocycles. The highest BCUT2D eigenvalue weighted by atomic mass is 16.7. The minimum Gasteiger partial charge on any atom is -0.445 e. The largest absolute Gasteiger partial charge is 0.445 e. The zero-order valence-corrected chi connectivity index (χ0v) is 29.5. The highest BCUT2D eigenvalue weighted by molar-refractivity contribution is 6.06. The summed E-state index contributed by atoms with van der Waals surface area (Å²) in [6, 6.07) is 31.8. The predicted octanol–water partition coefficient (Wildman–Crippen LogP) is 6.31. The van der Waals surface area contributed by atoms with Gasteiger partial charge in [-0.25, -0.2) is 4.79 Å². The monoisotopic (exact) mass is 703 g/mol. The highest BCUT2D eigenvalue weighted by Crippen LogP contribution is 2.42. The van der Waals surface area contributed by atoms with Crippen molar-refractivity contribution in [2.75, 3.05) is 20.1 Å². The van der Waals surface area contributed by atoms with E-state index in [4.69, 9.17) is 14.2 Å². The molecule has 52 heavy (non-hydrogen) atoms. The summed E-state index contributed by atoms with van der Waals surface area (Å²) in [4.78, 5) is 41.7. The average Bonchev–Trinajstić information content (AvgIpc) is 3.42. The number of aliphatic hydroxyl groups excluding tert-OH is 1. The molecule has 2 aliphatic rings. The molecule has 5 unspecified atom stereocenters. The zero-order valence-electron chi connectivity index (χ0n) is 29.5. The second kappa shape index (κ2) is 16.9. The van der Waals surface area contributed by atoms with Gasteiger partial charge in [-0.15, -0.1) is 6.58 Å². The molecule has 0 saturated carbocycles. The number of amides is 3. The Morgan fingerprint density at radius 1 is 0.923 bits per heavy atom. The van der Waals surface area contributed by atoms with Crippen molar-refractivity contribution in [3.8, 4) is 11.1 Å². The molecule has 0 spiro atoms. The van der Waals surface area contributed by atoms with Crippen LogP contribution in [0.2, 0.25) is 0 Å². The lowest BCUT2D eigenvalue weighted by Gasteiger charge is -2.42. The van der Waals surface area contributed by atoms with E-state index in [1.807, 2.05) is 116 Å². The summed E-state index contributed by atoms with van der Waals surface area (Å²) < 4.78 is 18.4. The van der Waals surface area contributed by atoms with Crippen molar-refractivity contribution in [2.24, 2.45) is 5.92 Å². The number of imide groups is 1. The van der Waals surface area contributed by atoms with Gasteiger partial charge in [0.25, 0.3) is 5.91 Å². The topological polar surface area (TPSA) is 118 Å². The van der Waals surface area contributed by atoms with E-state index in [-0.39, 0.29) is 50.2 Å². The third-order valence-electron chi connectivity index (χ3n) is 9.59. The van der Waals surface area contributed by atoms with E-state index >= 15 is 0 Å². The molecule has 5 atom stereocenters. The van der Waals surface area contributed by atoms with Gasteiger partial charge in [0.15, 0.2) is 6.29 Å². The van der Waals surface area contributed by atoms with Crippen LogP contribution >= 0.6 is 0 Å². The van der Waals surface area contributed by atoms with Crippen molar-refractivity contribution in [3.63, 3.8) is 0 Å². The van der Waals surface area contributed by atoms with Crippen molar-refractivity contribution in [2.45, 2.75) is 57.6 Å². The molecule has 2 aliphatic heterocycles. The van der Waals surface area contributed by atoms with Gasteiger partial charge in [0.2, 0.25) is 5.91 Å². The number of likely N-dealkylation sites (N-methyl/N-ethyl adjacent to an activating group) is 1. The smallest absolute Gasteiger partial charge is 0.408 e. The third kappa shape index (κ3) is 8.83. The fourth-order valence-corrected chi connectivity index (χ4v) is 6.66. The molecule has 2 N–H and O–H groups in total. The maximum atomic E-state index is 13.1. The number of hydrogen-bond acceptors (Lipinski definition) is 8. The summed E-state index contributed by atoms with van der Waals surface area (Å²) in [6.45, 7) is 7.60. The predicted molar refractivity (Wildman–Crippen MR) is 196 cm³/mol. The number of alkyl carbamates (subject to hydrolysis) is 1. The molecular weight excluding hydrogens is 658 g/mol. The van der Waals surface area contributed by atoms with Gasteiger partial charge in [0, 0.05) is 24.6 Å². The van der Waals surface area contributed by atoms with Crippen molar-refractivity contribution >= 4 is 17.9 Å². The summed E-state index contributed by atoms with van der Waals surface area (Å²) >= 11 is 0. The number of aliphatic hydroxyl groups is 1. The van der Waals surface area contributed by atoms with E-state index in [0.29, 0.717) is 6.54 Å². The van der Waals surface area contributed by atoms with E-state index in [1.165, 1.54) is 4.90 Å². The first-order valence-corrected chi connectivity index (χ1v) is 17.5. The third-order valence-corrected chi connectivity index (χ3v) is 9.59. The number of nitrogens with one attached hydrogen (secondary N) is 1. The Labute approximate surface area is 304 Å². The van der Waals surface area contributed by atoms with Gasteiger partial charge in [-0.3, -0.25) is 14.5 Å². The van der Waals surface area contributed by atoms with Crippen LogP contribution in [0.4, 0.5) is 4.79 Å². The van der Waals surface area contributed by atoms with Crippen LogP contribution in [-0.2, 0) is 43.6 Å². The first-order valence-electron chi connectivity index (χ1n) is 17.5. The Morgan fingerprint density at radius 3 is 2.35 bits per heavy atom. The Bertz CT molecular complexity index is 1850.